The third kappa shape index (κ3) is 4.05. The number of hydrogen-bond donors (Lipinski definition) is 1. The van der Waals surface area contributed by atoms with Crippen LogP contribution in [0.3, 0.4) is 0 Å². The number of aryl methyl sites for hydroxylation is 1. The molecular weight excluding hydrogens is 332 g/mol. The van der Waals surface area contributed by atoms with Gasteiger partial charge in [0.05, 0.1) is 5.75 Å². The summed E-state index contributed by atoms with van der Waals surface area (Å²) in [5, 5.41) is 10.6. The van der Waals surface area contributed by atoms with Gasteiger partial charge in [0.1, 0.15) is 5.75 Å². The molecule has 126 valence electrons. The summed E-state index contributed by atoms with van der Waals surface area (Å²) < 4.78 is 11.0. The molecule has 0 radical (unpaired) electrons. The molecule has 0 bridgehead atoms. The van der Waals surface area contributed by atoms with Crippen LogP contribution in [0.25, 0.3) is 0 Å². The fraction of sp³-hybridized carbons (Fsp3) is 0.333. The Morgan fingerprint density at radius 1 is 1.38 bits per heavy atom. The number of rotatable bonds is 6. The zero-order chi connectivity index (χ0) is 16.9. The lowest BCUT2D eigenvalue weighted by Gasteiger charge is -2.10. The molecule has 1 aromatic carbocycles. The molecule has 1 saturated heterocycles. The number of ether oxygens (including phenoxy) is 1. The standard InChI is InChI=1S/C15H16N4O4S/c1-10-2-4-11(5-3-10)22-8-12-17-18-15(23-12)24-9-13(20)19-7-6-16-14(19)21/h2-5H,6-9H2,1H3,(H,16,21). The predicted molar refractivity (Wildman–Crippen MR) is 85.6 cm³/mol. The quantitative estimate of drug-likeness (QED) is 0.792. The van der Waals surface area contributed by atoms with E-state index >= 15 is 0 Å². The highest BCUT2D eigenvalue weighted by atomic mass is 32.2. The second-order valence-electron chi connectivity index (χ2n) is 5.13. The molecule has 9 heteroatoms. The number of imide groups is 1. The Hall–Kier alpha value is -2.55. The molecule has 3 amide bonds. The van der Waals surface area contributed by atoms with Crippen LogP contribution in [0.1, 0.15) is 11.5 Å². The van der Waals surface area contributed by atoms with E-state index in [0.717, 1.165) is 17.3 Å². The average Bonchev–Trinajstić information content (AvgIpc) is 3.21. The first-order chi connectivity index (χ1) is 11.6. The molecule has 1 aromatic heterocycles. The van der Waals surface area contributed by atoms with Gasteiger partial charge in [0.15, 0.2) is 6.61 Å². The summed E-state index contributed by atoms with van der Waals surface area (Å²) in [5.41, 5.74) is 1.15. The second-order valence-corrected chi connectivity index (χ2v) is 6.06. The van der Waals surface area contributed by atoms with Gasteiger partial charge in [0.2, 0.25) is 5.91 Å². The number of carbonyl (C=O) groups excluding carboxylic acids is 2. The fourth-order valence-corrected chi connectivity index (χ4v) is 2.70. The number of amides is 3. The summed E-state index contributed by atoms with van der Waals surface area (Å²) >= 11 is 1.09. The Morgan fingerprint density at radius 2 is 2.17 bits per heavy atom. The molecule has 0 saturated carbocycles. The highest BCUT2D eigenvalue weighted by molar-refractivity contribution is 7.99. The molecule has 2 aromatic rings. The molecular formula is C15H16N4O4S. The third-order valence-electron chi connectivity index (χ3n) is 3.31. The van der Waals surface area contributed by atoms with E-state index in [1.165, 1.54) is 4.90 Å². The maximum absolute atomic E-state index is 11.9. The van der Waals surface area contributed by atoms with E-state index in [9.17, 15) is 9.59 Å². The number of benzene rings is 1. The summed E-state index contributed by atoms with van der Waals surface area (Å²) in [6.45, 7) is 3.02. The highest BCUT2D eigenvalue weighted by Gasteiger charge is 2.26. The number of thioether (sulfide) groups is 1. The van der Waals surface area contributed by atoms with Gasteiger partial charge in [0, 0.05) is 13.1 Å². The van der Waals surface area contributed by atoms with Gasteiger partial charge in [-0.15, -0.1) is 10.2 Å². The van der Waals surface area contributed by atoms with Gasteiger partial charge < -0.3 is 14.5 Å². The monoisotopic (exact) mass is 348 g/mol. The minimum Gasteiger partial charge on any atom is -0.484 e. The van der Waals surface area contributed by atoms with E-state index in [1.54, 1.807) is 0 Å². The van der Waals surface area contributed by atoms with E-state index in [0.29, 0.717) is 24.7 Å². The number of nitrogens with zero attached hydrogens (tertiary/aromatic N) is 3. The molecule has 0 unspecified atom stereocenters. The molecule has 1 fully saturated rings. The van der Waals surface area contributed by atoms with Gasteiger partial charge >= 0.3 is 6.03 Å². The maximum atomic E-state index is 11.9. The molecule has 0 aliphatic carbocycles. The number of aromatic nitrogens is 2. The Morgan fingerprint density at radius 3 is 2.88 bits per heavy atom. The SMILES string of the molecule is Cc1ccc(OCc2nnc(SCC(=O)N3CCNC3=O)o2)cc1. The average molecular weight is 348 g/mol. The van der Waals surface area contributed by atoms with Crippen molar-refractivity contribution in [2.24, 2.45) is 0 Å². The van der Waals surface area contributed by atoms with Crippen molar-refractivity contribution >= 4 is 23.7 Å². The first-order valence-electron chi connectivity index (χ1n) is 7.34. The summed E-state index contributed by atoms with van der Waals surface area (Å²) in [5.74, 6) is 0.812. The van der Waals surface area contributed by atoms with Gasteiger partial charge in [-0.2, -0.15) is 0 Å². The van der Waals surface area contributed by atoms with Gasteiger partial charge in [0.25, 0.3) is 11.1 Å². The van der Waals surface area contributed by atoms with Gasteiger partial charge in [-0.25, -0.2) is 4.79 Å². The Bertz CT molecular complexity index is 731. The molecule has 1 N–H and O–H groups in total. The largest absolute Gasteiger partial charge is 0.484 e. The minimum absolute atomic E-state index is 0.0634. The van der Waals surface area contributed by atoms with Crippen LogP contribution >= 0.6 is 11.8 Å². The number of hydrogen-bond acceptors (Lipinski definition) is 7. The van der Waals surface area contributed by atoms with E-state index in [-0.39, 0.29) is 29.5 Å². The Balaban J connectivity index is 1.47. The summed E-state index contributed by atoms with van der Waals surface area (Å²) in [7, 11) is 0. The molecule has 1 aliphatic rings. The van der Waals surface area contributed by atoms with Crippen LogP contribution in [-0.4, -0.2) is 45.9 Å². The third-order valence-corrected chi connectivity index (χ3v) is 4.11. The van der Waals surface area contributed by atoms with Crippen LogP contribution in [0.5, 0.6) is 5.75 Å². The van der Waals surface area contributed by atoms with Crippen LogP contribution in [0.4, 0.5) is 4.79 Å². The molecule has 0 spiro atoms. The van der Waals surface area contributed by atoms with Crippen molar-refractivity contribution in [1.29, 1.82) is 0 Å². The molecule has 1 aliphatic heterocycles. The number of urea groups is 1. The van der Waals surface area contributed by atoms with Crippen LogP contribution in [-0.2, 0) is 11.4 Å². The van der Waals surface area contributed by atoms with Crippen molar-refractivity contribution in [2.75, 3.05) is 18.8 Å². The normalized spacial score (nSPS) is 13.9. The topological polar surface area (TPSA) is 97.6 Å². The van der Waals surface area contributed by atoms with Gasteiger partial charge in [-0.1, -0.05) is 29.5 Å². The highest BCUT2D eigenvalue weighted by Crippen LogP contribution is 2.18. The van der Waals surface area contributed by atoms with Crippen molar-refractivity contribution < 1.29 is 18.7 Å². The van der Waals surface area contributed by atoms with E-state index in [2.05, 4.69) is 15.5 Å². The number of nitrogens with one attached hydrogen (secondary N) is 1. The van der Waals surface area contributed by atoms with Crippen LogP contribution in [0.15, 0.2) is 33.9 Å². The zero-order valence-corrected chi connectivity index (χ0v) is 13.8. The summed E-state index contributed by atoms with van der Waals surface area (Å²) in [6.07, 6.45) is 0. The maximum Gasteiger partial charge on any atom is 0.324 e. The minimum atomic E-state index is -0.363. The van der Waals surface area contributed by atoms with Crippen LogP contribution < -0.4 is 10.1 Å². The fourth-order valence-electron chi connectivity index (χ4n) is 2.05. The summed E-state index contributed by atoms with van der Waals surface area (Å²) in [6, 6.07) is 7.26. The molecule has 8 nitrogen and oxygen atoms in total. The lowest BCUT2D eigenvalue weighted by molar-refractivity contribution is -0.124. The van der Waals surface area contributed by atoms with Crippen LogP contribution in [0.2, 0.25) is 0 Å². The zero-order valence-electron chi connectivity index (χ0n) is 13.0. The lowest BCUT2D eigenvalue weighted by Crippen LogP contribution is -2.35. The van der Waals surface area contributed by atoms with E-state index in [1.807, 2.05) is 31.2 Å². The summed E-state index contributed by atoms with van der Waals surface area (Å²) in [4.78, 5) is 24.5. The van der Waals surface area contributed by atoms with Crippen molar-refractivity contribution in [3.05, 3.63) is 35.7 Å². The van der Waals surface area contributed by atoms with Crippen molar-refractivity contribution in [3.8, 4) is 5.75 Å². The first kappa shape index (κ1) is 16.3. The molecule has 3 rings (SSSR count). The van der Waals surface area contributed by atoms with Gasteiger partial charge in [-0.3, -0.25) is 9.69 Å². The van der Waals surface area contributed by atoms with E-state index in [4.69, 9.17) is 9.15 Å². The first-order valence-corrected chi connectivity index (χ1v) is 8.33. The second kappa shape index (κ2) is 7.35. The smallest absolute Gasteiger partial charge is 0.324 e. The molecule has 24 heavy (non-hydrogen) atoms. The van der Waals surface area contributed by atoms with Crippen molar-refractivity contribution in [3.63, 3.8) is 0 Å². The predicted octanol–water partition coefficient (Wildman–Crippen LogP) is 1.60. The van der Waals surface area contributed by atoms with E-state index < -0.39 is 0 Å². The Labute approximate surface area is 142 Å². The van der Waals surface area contributed by atoms with Crippen molar-refractivity contribution in [1.82, 2.24) is 20.4 Å². The Kier molecular flexibility index (Phi) is 4.99. The number of carbonyl (C=O) groups is 2. The molecule has 2 heterocycles. The van der Waals surface area contributed by atoms with Gasteiger partial charge in [-0.05, 0) is 19.1 Å². The molecule has 0 atom stereocenters. The van der Waals surface area contributed by atoms with Crippen LogP contribution in [0, 0.1) is 6.92 Å². The lowest BCUT2D eigenvalue weighted by atomic mass is 10.2. The van der Waals surface area contributed by atoms with Crippen molar-refractivity contribution in [2.45, 2.75) is 18.8 Å².